The van der Waals surface area contributed by atoms with Gasteiger partial charge in [-0.3, -0.25) is 24.9 Å². The number of aromatic nitrogens is 1. The van der Waals surface area contributed by atoms with Gasteiger partial charge in [-0.2, -0.15) is 13.2 Å². The number of carbonyl (C=O) groups excluding carboxylic acids is 2. The van der Waals surface area contributed by atoms with E-state index >= 15 is 0 Å². The number of guanidine groups is 1. The van der Waals surface area contributed by atoms with Gasteiger partial charge in [0.05, 0.1) is 24.7 Å². The third-order valence-corrected chi connectivity index (χ3v) is 8.17. The minimum atomic E-state index is -5.08. The van der Waals surface area contributed by atoms with Crippen molar-refractivity contribution in [2.75, 3.05) is 0 Å². The summed E-state index contributed by atoms with van der Waals surface area (Å²) < 4.78 is 66.0. The van der Waals surface area contributed by atoms with E-state index in [-0.39, 0.29) is 30.1 Å². The van der Waals surface area contributed by atoms with Crippen LogP contribution in [-0.2, 0) is 14.4 Å². The van der Waals surface area contributed by atoms with Gasteiger partial charge in [-0.25, -0.2) is 13.6 Å². The third kappa shape index (κ3) is 7.68. The second kappa shape index (κ2) is 12.2. The Kier molecular flexibility index (Phi) is 9.14. The molecular weight excluding hydrogens is 605 g/mol. The quantitative estimate of drug-likeness (QED) is 0.325. The van der Waals surface area contributed by atoms with Gasteiger partial charge in [0, 0.05) is 29.6 Å². The van der Waals surface area contributed by atoms with E-state index in [0.717, 1.165) is 6.20 Å². The fourth-order valence-corrected chi connectivity index (χ4v) is 5.72. The molecular formula is C30H34F5N5O5. The number of nitrogens with one attached hydrogen (secondary N) is 3. The lowest BCUT2D eigenvalue weighted by atomic mass is 9.89. The van der Waals surface area contributed by atoms with Crippen LogP contribution in [0.1, 0.15) is 76.6 Å². The van der Waals surface area contributed by atoms with Gasteiger partial charge >= 0.3 is 12.1 Å². The first-order valence-electron chi connectivity index (χ1n) is 14.2. The van der Waals surface area contributed by atoms with E-state index in [2.05, 4.69) is 15.6 Å². The van der Waals surface area contributed by atoms with Crippen LogP contribution in [-0.4, -0.2) is 56.0 Å². The van der Waals surface area contributed by atoms with Gasteiger partial charge in [0.1, 0.15) is 23.0 Å². The first-order chi connectivity index (χ1) is 20.8. The Bertz CT molecular complexity index is 1480. The molecule has 244 valence electrons. The summed E-state index contributed by atoms with van der Waals surface area (Å²) in [4.78, 5) is 41.0. The lowest BCUT2D eigenvalue weighted by molar-refractivity contribution is -0.192. The van der Waals surface area contributed by atoms with E-state index in [0.29, 0.717) is 36.1 Å². The molecule has 2 fully saturated rings. The predicted molar refractivity (Wildman–Crippen MR) is 150 cm³/mol. The van der Waals surface area contributed by atoms with Gasteiger partial charge in [-0.1, -0.05) is 6.92 Å². The van der Waals surface area contributed by atoms with Crippen molar-refractivity contribution in [3.05, 3.63) is 59.4 Å². The fraction of sp³-hybridized carbons (Fsp3) is 0.500. The van der Waals surface area contributed by atoms with E-state index in [1.165, 1.54) is 29.3 Å². The fourth-order valence-electron chi connectivity index (χ4n) is 5.72. The summed E-state index contributed by atoms with van der Waals surface area (Å²) in [7, 11) is 0. The van der Waals surface area contributed by atoms with Crippen molar-refractivity contribution >= 4 is 23.7 Å². The van der Waals surface area contributed by atoms with Crippen molar-refractivity contribution in [3.8, 4) is 5.75 Å². The van der Waals surface area contributed by atoms with Crippen LogP contribution < -0.4 is 15.4 Å². The van der Waals surface area contributed by atoms with Crippen molar-refractivity contribution in [1.29, 1.82) is 5.41 Å². The zero-order valence-electron chi connectivity index (χ0n) is 25.0. The second-order valence-corrected chi connectivity index (χ2v) is 12.3. The molecule has 10 nitrogen and oxygen atoms in total. The molecule has 1 saturated carbocycles. The highest BCUT2D eigenvalue weighted by Crippen LogP contribution is 2.52. The molecule has 0 spiro atoms. The number of aliphatic carboxylic acids is 1. The molecule has 1 aliphatic carbocycles. The summed E-state index contributed by atoms with van der Waals surface area (Å²) in [5.41, 5.74) is -0.0930. The number of pyridine rings is 1. The minimum absolute atomic E-state index is 0.0681. The molecule has 5 atom stereocenters. The smallest absolute Gasteiger partial charge is 0.487 e. The van der Waals surface area contributed by atoms with Gasteiger partial charge in [-0.05, 0) is 69.4 Å². The number of benzene rings is 1. The topological polar surface area (TPSA) is 145 Å². The van der Waals surface area contributed by atoms with Gasteiger partial charge in [-0.15, -0.1) is 0 Å². The number of nitrogens with zero attached hydrogens (tertiary/aromatic N) is 2. The van der Waals surface area contributed by atoms with Crippen LogP contribution in [0.3, 0.4) is 0 Å². The molecule has 3 heterocycles. The maximum atomic E-state index is 14.2. The largest absolute Gasteiger partial charge is 0.490 e. The number of hydrogen-bond acceptors (Lipinski definition) is 6. The van der Waals surface area contributed by atoms with Gasteiger partial charge < -0.3 is 20.5 Å². The average Bonchev–Trinajstić information content (AvgIpc) is 3.71. The van der Waals surface area contributed by atoms with Crippen LogP contribution in [0, 0.1) is 28.9 Å². The van der Waals surface area contributed by atoms with Gasteiger partial charge in [0.15, 0.2) is 5.96 Å². The molecule has 0 bridgehead atoms. The minimum Gasteiger partial charge on any atom is -0.487 e. The number of ether oxygens (including phenoxy) is 1. The number of hydrogen-bond donors (Lipinski definition) is 4. The molecule has 4 N–H and O–H groups in total. The summed E-state index contributed by atoms with van der Waals surface area (Å²) in [6, 6.07) is 4.41. The maximum absolute atomic E-state index is 14.2. The van der Waals surface area contributed by atoms with E-state index in [1.807, 2.05) is 27.7 Å². The van der Waals surface area contributed by atoms with Crippen LogP contribution in [0.4, 0.5) is 22.0 Å². The average molecular weight is 640 g/mol. The molecule has 1 aromatic carbocycles. The summed E-state index contributed by atoms with van der Waals surface area (Å²) in [6.45, 7) is 7.66. The molecule has 2 aliphatic heterocycles. The molecule has 0 radical (unpaired) electrons. The van der Waals surface area contributed by atoms with Crippen molar-refractivity contribution in [1.82, 2.24) is 20.5 Å². The molecule has 2 amide bonds. The van der Waals surface area contributed by atoms with Gasteiger partial charge in [0.25, 0.3) is 0 Å². The number of alkyl halides is 3. The summed E-state index contributed by atoms with van der Waals surface area (Å²) in [6.07, 6.45) is -0.782. The number of rotatable bonds is 6. The Hall–Kier alpha value is -4.30. The highest BCUT2D eigenvalue weighted by Gasteiger charge is 2.54. The zero-order valence-corrected chi connectivity index (χ0v) is 25.0. The Labute approximate surface area is 255 Å². The molecule has 5 rings (SSSR count). The lowest BCUT2D eigenvalue weighted by Gasteiger charge is -2.43. The second-order valence-electron chi connectivity index (χ2n) is 12.3. The number of fused-ring (bicyclic) bond motifs is 1. The van der Waals surface area contributed by atoms with E-state index in [1.54, 1.807) is 6.07 Å². The highest BCUT2D eigenvalue weighted by molar-refractivity contribution is 5.99. The molecule has 1 aromatic heterocycles. The highest BCUT2D eigenvalue weighted by atomic mass is 19.4. The summed E-state index contributed by atoms with van der Waals surface area (Å²) >= 11 is 0. The Morgan fingerprint density at radius 2 is 1.87 bits per heavy atom. The lowest BCUT2D eigenvalue weighted by Crippen LogP contribution is -2.61. The summed E-state index contributed by atoms with van der Waals surface area (Å²) in [5, 5.41) is 22.0. The van der Waals surface area contributed by atoms with Crippen molar-refractivity contribution in [3.63, 3.8) is 0 Å². The summed E-state index contributed by atoms with van der Waals surface area (Å²) in [5.74, 6) is -4.56. The van der Waals surface area contributed by atoms with Crippen LogP contribution in [0.15, 0.2) is 36.7 Å². The Balaban J connectivity index is 0.000000591. The molecule has 3 aliphatic rings. The number of carboxylic acids is 1. The first-order valence-corrected chi connectivity index (χ1v) is 14.2. The van der Waals surface area contributed by atoms with E-state index in [4.69, 9.17) is 20.0 Å². The van der Waals surface area contributed by atoms with Crippen molar-refractivity contribution in [2.45, 2.75) is 82.8 Å². The number of amides is 2. The van der Waals surface area contributed by atoms with E-state index < -0.39 is 52.9 Å². The maximum Gasteiger partial charge on any atom is 0.490 e. The predicted octanol–water partition coefficient (Wildman–Crippen LogP) is 5.01. The number of carbonyl (C=O) groups is 3. The molecule has 15 heteroatoms. The van der Waals surface area contributed by atoms with Crippen molar-refractivity contribution in [2.24, 2.45) is 11.8 Å². The van der Waals surface area contributed by atoms with Crippen LogP contribution >= 0.6 is 0 Å². The van der Waals surface area contributed by atoms with Crippen molar-refractivity contribution < 1.29 is 46.2 Å². The zero-order chi connectivity index (χ0) is 33.5. The standard InChI is InChI=1S/C28H33F2N5O3.C2HF3O2/c1-5-28(4)12-23(36)35(26(31)34-28)24(15-8-17(30)14-32-13-15)18-10-19(18)25(37)33-21-11-27(2,3)38-22-7-6-16(29)9-20(21)22;3-2(4,5)1(6)7/h6-9,13-14,18-19,21,24H,5,10-12H2,1-4H3,(H2,31,34)(H,33,37);(H,6,7)/t18-,19-,21?,24?,28+;/m1./s1. The monoisotopic (exact) mass is 639 g/mol. The number of carboxylic acid groups (broad SMARTS) is 1. The third-order valence-electron chi connectivity index (χ3n) is 8.17. The van der Waals surface area contributed by atoms with Gasteiger partial charge in [0.2, 0.25) is 11.8 Å². The SMILES string of the molecule is CC[C@@]1(C)CC(=O)N(C(c2cncc(F)c2)[C@@H]2C[C@H]2C(=O)NC2CC(C)(C)Oc3ccc(F)cc32)C(=N)N1.O=C(O)C(F)(F)F. The van der Waals surface area contributed by atoms with Crippen LogP contribution in [0.5, 0.6) is 5.75 Å². The molecule has 45 heavy (non-hydrogen) atoms. The van der Waals surface area contributed by atoms with E-state index in [9.17, 15) is 31.5 Å². The first kappa shape index (κ1) is 33.6. The molecule has 1 saturated heterocycles. The Morgan fingerprint density at radius 1 is 1.20 bits per heavy atom. The molecule has 2 aromatic rings. The van der Waals surface area contributed by atoms with Crippen LogP contribution in [0.25, 0.3) is 0 Å². The normalized spacial score (nSPS) is 25.9. The number of halogens is 5. The van der Waals surface area contributed by atoms with Crippen LogP contribution in [0.2, 0.25) is 0 Å². The molecule has 2 unspecified atom stereocenters. The Morgan fingerprint density at radius 3 is 2.44 bits per heavy atom.